The first-order valence-corrected chi connectivity index (χ1v) is 13.5. The highest BCUT2D eigenvalue weighted by Crippen LogP contribution is 2.44. The largest absolute Gasteiger partial charge is 0.530 e. The minimum Gasteiger partial charge on any atom is -0.530 e. The molecule has 8 heteroatoms. The van der Waals surface area contributed by atoms with Crippen LogP contribution in [-0.4, -0.2) is 35.0 Å². The second-order valence-corrected chi connectivity index (χ2v) is 11.6. The average Bonchev–Trinajstić information content (AvgIpc) is 2.97. The van der Waals surface area contributed by atoms with Crippen LogP contribution in [0.5, 0.6) is 5.75 Å². The van der Waals surface area contributed by atoms with Crippen LogP contribution in [0.3, 0.4) is 0 Å². The summed E-state index contributed by atoms with van der Waals surface area (Å²) in [5.41, 5.74) is 1.31. The van der Waals surface area contributed by atoms with Crippen LogP contribution in [0.2, 0.25) is 0 Å². The highest BCUT2D eigenvalue weighted by Gasteiger charge is 2.33. The second kappa shape index (κ2) is 11.5. The number of ether oxygens (including phenoxy) is 1. The van der Waals surface area contributed by atoms with Gasteiger partial charge in [0.15, 0.2) is 0 Å². The molecule has 1 aliphatic rings. The van der Waals surface area contributed by atoms with Crippen LogP contribution in [0.15, 0.2) is 18.2 Å². The van der Waals surface area contributed by atoms with E-state index < -0.39 is 6.09 Å². The van der Waals surface area contributed by atoms with Gasteiger partial charge < -0.3 is 19.5 Å². The van der Waals surface area contributed by atoms with Gasteiger partial charge in [-0.3, -0.25) is 0 Å². The normalized spacial score (nSPS) is 14.8. The maximum Gasteiger partial charge on any atom is 0.147 e. The number of carboxylic acid groups (broad SMARTS) is 1. The summed E-state index contributed by atoms with van der Waals surface area (Å²) in [5.74, 6) is 0.970. The van der Waals surface area contributed by atoms with Gasteiger partial charge in [0.25, 0.3) is 0 Å². The summed E-state index contributed by atoms with van der Waals surface area (Å²) in [7, 11) is 4.85. The zero-order chi connectivity index (χ0) is 20.6. The minimum absolute atomic E-state index is 0.301. The van der Waals surface area contributed by atoms with Gasteiger partial charge in [-0.05, 0) is 42.6 Å². The SMILES string of the molecule is CCCCN(CCCC)SSSCN(C(=O)[O-])c1cccc2c1OC(C)(C)C2. The molecule has 0 atom stereocenters. The molecule has 0 spiro atoms. The van der Waals surface area contributed by atoms with E-state index >= 15 is 0 Å². The number of benzene rings is 1. The Morgan fingerprint density at radius 1 is 1.21 bits per heavy atom. The third kappa shape index (κ3) is 6.97. The van der Waals surface area contributed by atoms with E-state index in [-0.39, 0.29) is 5.60 Å². The zero-order valence-corrected chi connectivity index (χ0v) is 19.7. The van der Waals surface area contributed by atoms with Crippen LogP contribution in [0.4, 0.5) is 10.5 Å². The maximum atomic E-state index is 11.8. The van der Waals surface area contributed by atoms with Crippen molar-refractivity contribution >= 4 is 43.4 Å². The van der Waals surface area contributed by atoms with Gasteiger partial charge in [0.2, 0.25) is 0 Å². The molecule has 28 heavy (non-hydrogen) atoms. The molecule has 2 rings (SSSR count). The van der Waals surface area contributed by atoms with Crippen LogP contribution in [0, 0.1) is 0 Å². The maximum absolute atomic E-state index is 11.8. The highest BCUT2D eigenvalue weighted by molar-refractivity contribution is 9.09. The van der Waals surface area contributed by atoms with Crippen molar-refractivity contribution in [3.05, 3.63) is 23.8 Å². The Balaban J connectivity index is 1.94. The number of hydrogen-bond donors (Lipinski definition) is 0. The number of carbonyl (C=O) groups excluding carboxylic acids is 1. The molecule has 0 fully saturated rings. The quantitative estimate of drug-likeness (QED) is 0.187. The summed E-state index contributed by atoms with van der Waals surface area (Å²) in [6.07, 6.45) is 4.28. The van der Waals surface area contributed by atoms with E-state index in [1.165, 1.54) is 41.4 Å². The molecule has 1 aromatic rings. The number of nitrogens with zero attached hydrogens (tertiary/aromatic N) is 2. The third-order valence-corrected chi connectivity index (χ3v) is 8.40. The predicted octanol–water partition coefficient (Wildman–Crippen LogP) is 5.35. The van der Waals surface area contributed by atoms with Gasteiger partial charge >= 0.3 is 0 Å². The van der Waals surface area contributed by atoms with E-state index in [1.54, 1.807) is 26.9 Å². The van der Waals surface area contributed by atoms with Crippen molar-refractivity contribution in [2.75, 3.05) is 23.9 Å². The molecule has 0 saturated carbocycles. The van der Waals surface area contributed by atoms with Gasteiger partial charge in [0.05, 0.1) is 11.6 Å². The van der Waals surface area contributed by atoms with Crippen molar-refractivity contribution in [1.82, 2.24) is 4.31 Å². The van der Waals surface area contributed by atoms with Gasteiger partial charge in [0, 0.05) is 36.1 Å². The summed E-state index contributed by atoms with van der Waals surface area (Å²) < 4.78 is 8.40. The van der Waals surface area contributed by atoms with E-state index in [0.29, 0.717) is 17.3 Å². The zero-order valence-electron chi connectivity index (χ0n) is 17.2. The van der Waals surface area contributed by atoms with Crippen molar-refractivity contribution < 1.29 is 14.6 Å². The summed E-state index contributed by atoms with van der Waals surface area (Å²) >= 11 is 0. The minimum atomic E-state index is -1.20. The molecule has 1 amide bonds. The first kappa shape index (κ1) is 23.6. The summed E-state index contributed by atoms with van der Waals surface area (Å²) in [6, 6.07) is 5.68. The van der Waals surface area contributed by atoms with Crippen LogP contribution in [0.1, 0.15) is 58.9 Å². The van der Waals surface area contributed by atoms with Gasteiger partial charge in [-0.1, -0.05) is 49.6 Å². The molecule has 5 nitrogen and oxygen atoms in total. The van der Waals surface area contributed by atoms with Crippen molar-refractivity contribution in [2.24, 2.45) is 0 Å². The lowest BCUT2D eigenvalue weighted by molar-refractivity contribution is -0.246. The third-order valence-electron chi connectivity index (χ3n) is 4.47. The molecular formula is C20H31N2O3S3-. The first-order valence-electron chi connectivity index (χ1n) is 9.88. The van der Waals surface area contributed by atoms with E-state index in [1.807, 2.05) is 26.0 Å². The molecular weight excluding hydrogens is 412 g/mol. The smallest absolute Gasteiger partial charge is 0.147 e. The van der Waals surface area contributed by atoms with Crippen molar-refractivity contribution in [1.29, 1.82) is 0 Å². The van der Waals surface area contributed by atoms with Crippen LogP contribution < -0.4 is 14.7 Å². The fourth-order valence-corrected chi connectivity index (χ4v) is 6.78. The molecule has 1 heterocycles. The van der Waals surface area contributed by atoms with Crippen molar-refractivity contribution in [3.8, 4) is 5.75 Å². The Bertz CT molecular complexity index is 635. The molecule has 0 bridgehead atoms. The predicted molar refractivity (Wildman–Crippen MR) is 122 cm³/mol. The molecule has 1 aliphatic heterocycles. The van der Waals surface area contributed by atoms with Crippen LogP contribution in [0.25, 0.3) is 0 Å². The molecule has 0 radical (unpaired) electrons. The van der Waals surface area contributed by atoms with E-state index in [4.69, 9.17) is 4.74 Å². The number of rotatable bonds is 12. The molecule has 0 aromatic heterocycles. The summed E-state index contributed by atoms with van der Waals surface area (Å²) in [5, 5.41) is 11.8. The standard InChI is InChI=1S/C20H32N2O3S3/c1-5-7-12-21(13-8-6-2)27-28-26-15-22(19(23)24)17-11-9-10-16-14-20(3,4)25-18(16)17/h9-11H,5-8,12-15H2,1-4H3,(H,23,24)/p-1. The molecule has 1 aromatic carbocycles. The number of anilines is 1. The Morgan fingerprint density at radius 3 is 2.50 bits per heavy atom. The topological polar surface area (TPSA) is 55.8 Å². The first-order chi connectivity index (χ1) is 13.4. The average molecular weight is 444 g/mol. The Morgan fingerprint density at radius 2 is 1.89 bits per heavy atom. The number of unbranched alkanes of at least 4 members (excludes halogenated alkanes) is 2. The lowest BCUT2D eigenvalue weighted by atomic mass is 10.0. The van der Waals surface area contributed by atoms with Gasteiger partial charge in [0.1, 0.15) is 17.4 Å². The van der Waals surface area contributed by atoms with E-state index in [0.717, 1.165) is 25.1 Å². The number of para-hydroxylation sites is 1. The molecule has 0 unspecified atom stereocenters. The molecule has 0 saturated heterocycles. The fourth-order valence-electron chi connectivity index (χ4n) is 3.03. The van der Waals surface area contributed by atoms with Gasteiger partial charge in [-0.15, -0.1) is 0 Å². The number of carbonyl (C=O) groups is 1. The lowest BCUT2D eigenvalue weighted by Crippen LogP contribution is -2.41. The second-order valence-electron chi connectivity index (χ2n) is 7.52. The van der Waals surface area contributed by atoms with Gasteiger partial charge in [-0.2, -0.15) is 0 Å². The Kier molecular flexibility index (Phi) is 9.66. The molecule has 158 valence electrons. The summed E-state index contributed by atoms with van der Waals surface area (Å²) in [6.45, 7) is 10.6. The highest BCUT2D eigenvalue weighted by atomic mass is 33.5. The number of fused-ring (bicyclic) bond motifs is 1. The Hall–Kier alpha value is -0.700. The van der Waals surface area contributed by atoms with Crippen molar-refractivity contribution in [3.63, 3.8) is 0 Å². The molecule has 0 aliphatic carbocycles. The number of amides is 1. The Labute approximate surface area is 180 Å². The number of hydrogen-bond acceptors (Lipinski definition) is 7. The van der Waals surface area contributed by atoms with E-state index in [9.17, 15) is 9.90 Å². The molecule has 0 N–H and O–H groups in total. The fraction of sp³-hybridized carbons (Fsp3) is 0.650. The van der Waals surface area contributed by atoms with Gasteiger partial charge in [-0.25, -0.2) is 4.31 Å². The van der Waals surface area contributed by atoms with Crippen LogP contribution in [-0.2, 0) is 6.42 Å². The van der Waals surface area contributed by atoms with Crippen LogP contribution >= 0.6 is 31.6 Å². The van der Waals surface area contributed by atoms with Crippen molar-refractivity contribution in [2.45, 2.75) is 65.4 Å². The lowest BCUT2D eigenvalue weighted by Gasteiger charge is -2.27. The monoisotopic (exact) mass is 443 g/mol. The summed E-state index contributed by atoms with van der Waals surface area (Å²) in [4.78, 5) is 13.1. The van der Waals surface area contributed by atoms with E-state index in [2.05, 4.69) is 18.2 Å².